The molecule has 7 nitrogen and oxygen atoms in total. The van der Waals surface area contributed by atoms with E-state index >= 15 is 0 Å². The highest BCUT2D eigenvalue weighted by Gasteiger charge is 2.33. The molecule has 1 aliphatic heterocycles. The number of para-hydroxylation sites is 1. The van der Waals surface area contributed by atoms with Crippen LogP contribution in [0.2, 0.25) is 0 Å². The van der Waals surface area contributed by atoms with Crippen LogP contribution in [-0.4, -0.2) is 42.4 Å². The Balaban J connectivity index is 1.96. The highest BCUT2D eigenvalue weighted by Crippen LogP contribution is 2.41. The number of carbonyl (C=O) groups is 2. The van der Waals surface area contributed by atoms with Gasteiger partial charge in [0.05, 0.1) is 31.4 Å². The minimum Gasteiger partial charge on any atom is -0.506 e. The third kappa shape index (κ3) is 6.51. The Morgan fingerprint density at radius 1 is 1.15 bits per heavy atom. The van der Waals surface area contributed by atoms with Gasteiger partial charge in [0.15, 0.2) is 6.61 Å². The smallest absolute Gasteiger partial charge is 0.344 e. The molecule has 0 fully saturated rings. The molecule has 0 unspecified atom stereocenters. The van der Waals surface area contributed by atoms with Crippen molar-refractivity contribution in [2.45, 2.75) is 6.92 Å². The number of nitrogens with zero attached hydrogens (tertiary/aromatic N) is 1. The third-order valence-electron chi connectivity index (χ3n) is 4.24. The van der Waals surface area contributed by atoms with E-state index in [1.807, 2.05) is 42.5 Å². The van der Waals surface area contributed by atoms with Crippen molar-refractivity contribution in [3.05, 3.63) is 71.4 Å². The second kappa shape index (κ2) is 11.9. The molecule has 0 aromatic heterocycles. The number of esters is 2. The van der Waals surface area contributed by atoms with Gasteiger partial charge in [0.2, 0.25) is 0 Å². The first-order valence-electron chi connectivity index (χ1n) is 9.67. The summed E-state index contributed by atoms with van der Waals surface area (Å²) in [6.45, 7) is 1.70. The van der Waals surface area contributed by atoms with Crippen LogP contribution in [0.4, 0.5) is 5.69 Å². The molecule has 1 N–H and O–H groups in total. The topological polar surface area (TPSA) is 94.4 Å². The molecule has 10 heteroatoms. The summed E-state index contributed by atoms with van der Waals surface area (Å²) in [5, 5.41) is 11.2. The fraction of sp³-hybridized carbons (Fsp3) is 0.174. The standard InChI is InChI=1S/C23H19I2NO6S/c1-3-31-23(29)19-20(28)17(33-22(19)26-14-7-5-4-6-8-14)11-13-9-15(24)21(16(25)10-13)32-12-18(27)30-2/h4-11,28H,3,12H2,1-2H3/b17-11-,26-22?. The zero-order chi connectivity index (χ0) is 24.0. The Labute approximate surface area is 222 Å². The van der Waals surface area contributed by atoms with Crippen LogP contribution in [0.15, 0.2) is 63.7 Å². The molecule has 2 aromatic rings. The minimum absolute atomic E-state index is 0.0411. The molecule has 0 spiro atoms. The Bertz CT molecular complexity index is 1140. The fourth-order valence-electron chi connectivity index (χ4n) is 2.75. The van der Waals surface area contributed by atoms with E-state index < -0.39 is 11.9 Å². The predicted octanol–water partition coefficient (Wildman–Crippen LogP) is 5.64. The van der Waals surface area contributed by atoms with Crippen LogP contribution in [0.3, 0.4) is 0 Å². The highest BCUT2D eigenvalue weighted by molar-refractivity contribution is 14.1. The number of hydrogen-bond acceptors (Lipinski definition) is 8. The van der Waals surface area contributed by atoms with Gasteiger partial charge in [-0.2, -0.15) is 0 Å². The molecule has 2 aromatic carbocycles. The van der Waals surface area contributed by atoms with Crippen LogP contribution < -0.4 is 4.74 Å². The van der Waals surface area contributed by atoms with Crippen LogP contribution in [0.1, 0.15) is 12.5 Å². The SMILES string of the molecule is CCOC(=O)C1=C(O)/C(=C/c2cc(I)c(OCC(=O)OC)c(I)c2)SC1=Nc1ccccc1. The van der Waals surface area contributed by atoms with E-state index in [1.54, 1.807) is 13.0 Å². The highest BCUT2D eigenvalue weighted by atomic mass is 127. The summed E-state index contributed by atoms with van der Waals surface area (Å²) in [5.41, 5.74) is 1.49. The lowest BCUT2D eigenvalue weighted by atomic mass is 10.1. The Hall–Kier alpha value is -2.06. The van der Waals surface area contributed by atoms with Crippen molar-refractivity contribution in [2.75, 3.05) is 20.3 Å². The maximum atomic E-state index is 12.5. The molecule has 33 heavy (non-hydrogen) atoms. The molecular formula is C23H19I2NO6S. The molecular weight excluding hydrogens is 672 g/mol. The lowest BCUT2D eigenvalue weighted by Crippen LogP contribution is -2.13. The predicted molar refractivity (Wildman–Crippen MR) is 145 cm³/mol. The summed E-state index contributed by atoms with van der Waals surface area (Å²) in [5.74, 6) is -0.705. The van der Waals surface area contributed by atoms with E-state index in [0.717, 1.165) is 12.7 Å². The number of rotatable bonds is 7. The lowest BCUT2D eigenvalue weighted by molar-refractivity contribution is -0.143. The molecule has 0 saturated carbocycles. The van der Waals surface area contributed by atoms with E-state index in [4.69, 9.17) is 9.47 Å². The van der Waals surface area contributed by atoms with Crippen molar-refractivity contribution in [1.29, 1.82) is 0 Å². The monoisotopic (exact) mass is 691 g/mol. The zero-order valence-corrected chi connectivity index (χ0v) is 22.8. The number of aliphatic hydroxyl groups excluding tert-OH is 1. The maximum absolute atomic E-state index is 12.5. The van der Waals surface area contributed by atoms with E-state index in [2.05, 4.69) is 54.9 Å². The molecule has 0 bridgehead atoms. The summed E-state index contributed by atoms with van der Waals surface area (Å²) in [4.78, 5) is 28.9. The van der Waals surface area contributed by atoms with Gasteiger partial charge in [-0.25, -0.2) is 14.6 Å². The van der Waals surface area contributed by atoms with Gasteiger partial charge in [-0.15, -0.1) is 0 Å². The maximum Gasteiger partial charge on any atom is 0.344 e. The summed E-state index contributed by atoms with van der Waals surface area (Å²) in [7, 11) is 1.30. The van der Waals surface area contributed by atoms with Crippen LogP contribution in [0.25, 0.3) is 6.08 Å². The molecule has 1 aliphatic rings. The third-order valence-corrected chi connectivity index (χ3v) is 6.86. The number of thioether (sulfide) groups is 1. The van der Waals surface area contributed by atoms with Crippen molar-refractivity contribution in [3.63, 3.8) is 0 Å². The molecule has 0 amide bonds. The number of hydrogen-bond donors (Lipinski definition) is 1. The molecule has 0 atom stereocenters. The van der Waals surface area contributed by atoms with Crippen molar-refractivity contribution in [2.24, 2.45) is 4.99 Å². The number of halogens is 2. The van der Waals surface area contributed by atoms with Gasteiger partial charge in [0.1, 0.15) is 22.1 Å². The van der Waals surface area contributed by atoms with Crippen molar-refractivity contribution in [3.8, 4) is 5.75 Å². The van der Waals surface area contributed by atoms with Crippen molar-refractivity contribution in [1.82, 2.24) is 0 Å². The number of aliphatic imine (C=N–C) groups is 1. The van der Waals surface area contributed by atoms with Gasteiger partial charge in [0, 0.05) is 0 Å². The van der Waals surface area contributed by atoms with Crippen LogP contribution >= 0.6 is 56.9 Å². The van der Waals surface area contributed by atoms with Gasteiger partial charge in [-0.05, 0) is 88.0 Å². The van der Waals surface area contributed by atoms with E-state index in [9.17, 15) is 14.7 Å². The average molecular weight is 691 g/mol. The van der Waals surface area contributed by atoms with Gasteiger partial charge < -0.3 is 19.3 Å². The average Bonchev–Trinajstić information content (AvgIpc) is 3.08. The van der Waals surface area contributed by atoms with E-state index in [-0.39, 0.29) is 24.5 Å². The summed E-state index contributed by atoms with van der Waals surface area (Å²) in [6, 6.07) is 12.9. The minimum atomic E-state index is -0.628. The first kappa shape index (κ1) is 25.6. The Morgan fingerprint density at radius 3 is 2.42 bits per heavy atom. The number of aliphatic hydroxyl groups is 1. The number of carbonyl (C=O) groups excluding carboxylic acids is 2. The first-order chi connectivity index (χ1) is 15.8. The van der Waals surface area contributed by atoms with Crippen LogP contribution in [0.5, 0.6) is 5.75 Å². The van der Waals surface area contributed by atoms with E-state index in [1.165, 1.54) is 18.9 Å². The van der Waals surface area contributed by atoms with E-state index in [0.29, 0.717) is 21.4 Å². The summed E-state index contributed by atoms with van der Waals surface area (Å²) >= 11 is 5.43. The molecule has 172 valence electrons. The first-order valence-corrected chi connectivity index (χ1v) is 12.6. The van der Waals surface area contributed by atoms with Crippen molar-refractivity contribution < 1.29 is 28.9 Å². The van der Waals surface area contributed by atoms with Crippen LogP contribution in [-0.2, 0) is 19.1 Å². The molecule has 1 heterocycles. The van der Waals surface area contributed by atoms with Gasteiger partial charge in [-0.3, -0.25) is 0 Å². The number of ether oxygens (including phenoxy) is 3. The fourth-order valence-corrected chi connectivity index (χ4v) is 5.92. The normalized spacial score (nSPS) is 15.8. The van der Waals surface area contributed by atoms with Crippen molar-refractivity contribution >= 4 is 85.7 Å². The molecule has 3 rings (SSSR count). The Morgan fingerprint density at radius 2 is 1.82 bits per heavy atom. The number of benzene rings is 2. The largest absolute Gasteiger partial charge is 0.506 e. The quantitative estimate of drug-likeness (QED) is 0.297. The Kier molecular flexibility index (Phi) is 9.20. The summed E-state index contributed by atoms with van der Waals surface area (Å²) < 4.78 is 16.9. The summed E-state index contributed by atoms with van der Waals surface area (Å²) in [6.07, 6.45) is 1.77. The second-order valence-corrected chi connectivity index (χ2v) is 9.84. The van der Waals surface area contributed by atoms with Crippen LogP contribution in [0, 0.1) is 7.14 Å². The van der Waals surface area contributed by atoms with Gasteiger partial charge >= 0.3 is 11.9 Å². The lowest BCUT2D eigenvalue weighted by Gasteiger charge is -2.10. The molecule has 0 aliphatic carbocycles. The van der Waals surface area contributed by atoms with Gasteiger partial charge in [-0.1, -0.05) is 30.0 Å². The molecule has 0 radical (unpaired) electrons. The zero-order valence-electron chi connectivity index (χ0n) is 17.6. The number of methoxy groups -OCH3 is 1. The van der Waals surface area contributed by atoms with Gasteiger partial charge in [0.25, 0.3) is 0 Å². The second-order valence-electron chi connectivity index (χ2n) is 6.49. The molecule has 0 saturated heterocycles.